The third kappa shape index (κ3) is 10.9. The van der Waals surface area contributed by atoms with Crippen LogP contribution in [-0.2, 0) is 0 Å². The number of anilines is 6. The van der Waals surface area contributed by atoms with Crippen LogP contribution < -0.4 is 38.2 Å². The number of nitrogens with zero attached hydrogens (tertiary/aromatic N) is 2. The summed E-state index contributed by atoms with van der Waals surface area (Å²) < 4.78 is 37.9. The molecule has 9 heteroatoms. The van der Waals surface area contributed by atoms with E-state index in [1.807, 2.05) is 146 Å². The molecule has 76 heavy (non-hydrogen) atoms. The maximum Gasteiger partial charge on any atom is 0.180 e. The average Bonchev–Trinajstić information content (AvgIpc) is 3.68. The van der Waals surface area contributed by atoms with Gasteiger partial charge in [0.1, 0.15) is 46.0 Å². The largest absolute Gasteiger partial charge is 0.488 e. The SMILES string of the molecule is C1=CC(Oc2ccc(N(c3ccc(Oc4ccccc4)cc3)c3ccc(-c4sc(-c5ccc(N(c6ccc(Oc7ccccc7)cc6)c6ccc(Oc7ccccc7)cc6)cc5)c5c4OCCCO5)cc3)cc2)=CCC1. The molecule has 9 aromatic carbocycles. The third-order valence-electron chi connectivity index (χ3n) is 12.9. The highest BCUT2D eigenvalue weighted by Crippen LogP contribution is 2.54. The number of hydrogen-bond donors (Lipinski definition) is 0. The molecule has 0 amide bonds. The first-order chi connectivity index (χ1) is 37.6. The summed E-state index contributed by atoms with van der Waals surface area (Å²) in [5.41, 5.74) is 7.95. The van der Waals surface area contributed by atoms with Gasteiger partial charge in [-0.3, -0.25) is 0 Å². The van der Waals surface area contributed by atoms with Gasteiger partial charge in [0.2, 0.25) is 0 Å². The van der Waals surface area contributed by atoms with Crippen LogP contribution in [0.5, 0.6) is 51.7 Å². The standard InChI is InChI=1S/C67H52N2O6S/c1-5-14-56(15-6-1)72-60-38-30-52(31-39-60)68(53-32-40-61(41-33-53)73-57-16-7-2-8-17-57)50-26-22-48(23-27-50)66-64-65(71-47-13-46-70-64)67(76-66)49-24-28-51(29-25-49)69(54-34-42-62(43-35-54)74-58-18-9-3-10-19-58)55-36-44-63(45-37-55)75-59-20-11-4-12-21-59/h1-3,5-11,14-45H,4,12-13,46-47H2. The van der Waals surface area contributed by atoms with E-state index in [0.29, 0.717) is 13.2 Å². The number of benzene rings is 9. The molecule has 0 saturated heterocycles. The predicted molar refractivity (Wildman–Crippen MR) is 307 cm³/mol. The summed E-state index contributed by atoms with van der Waals surface area (Å²) in [5.74, 6) is 7.81. The maximum atomic E-state index is 6.56. The van der Waals surface area contributed by atoms with Crippen LogP contribution in [0.25, 0.3) is 20.9 Å². The van der Waals surface area contributed by atoms with Gasteiger partial charge in [-0.15, -0.1) is 11.3 Å². The van der Waals surface area contributed by atoms with Gasteiger partial charge in [-0.05, 0) is 194 Å². The second-order valence-corrected chi connectivity index (χ2v) is 19.2. The van der Waals surface area contributed by atoms with Gasteiger partial charge in [-0.1, -0.05) is 84.9 Å². The second-order valence-electron chi connectivity index (χ2n) is 18.1. The van der Waals surface area contributed by atoms with Crippen molar-refractivity contribution < 1.29 is 28.4 Å². The first kappa shape index (κ1) is 47.6. The Kier molecular flexibility index (Phi) is 14.0. The normalized spacial score (nSPS) is 12.7. The summed E-state index contributed by atoms with van der Waals surface area (Å²) >= 11 is 1.69. The molecule has 0 N–H and O–H groups in total. The third-order valence-corrected chi connectivity index (χ3v) is 14.1. The fourth-order valence-corrected chi connectivity index (χ4v) is 10.4. The van der Waals surface area contributed by atoms with E-state index in [1.54, 1.807) is 11.3 Å². The van der Waals surface area contributed by atoms with Crippen LogP contribution in [0.15, 0.2) is 261 Å². The smallest absolute Gasteiger partial charge is 0.180 e. The molecule has 372 valence electrons. The summed E-state index contributed by atoms with van der Waals surface area (Å²) in [7, 11) is 0. The lowest BCUT2D eigenvalue weighted by atomic mass is 10.1. The van der Waals surface area contributed by atoms with Gasteiger partial charge < -0.3 is 38.2 Å². The van der Waals surface area contributed by atoms with Gasteiger partial charge in [-0.2, -0.15) is 0 Å². The van der Waals surface area contributed by atoms with Crippen LogP contribution in [-0.4, -0.2) is 13.2 Å². The van der Waals surface area contributed by atoms with Crippen molar-refractivity contribution in [1.29, 1.82) is 0 Å². The molecule has 0 unspecified atom stereocenters. The van der Waals surface area contributed by atoms with Crippen molar-refractivity contribution in [2.45, 2.75) is 19.3 Å². The Morgan fingerprint density at radius 3 is 0.974 bits per heavy atom. The average molecular weight is 1010 g/mol. The minimum atomic E-state index is 0.567. The van der Waals surface area contributed by atoms with Gasteiger partial charge in [0.15, 0.2) is 11.5 Å². The van der Waals surface area contributed by atoms with E-state index < -0.39 is 0 Å². The number of para-hydroxylation sites is 3. The van der Waals surface area contributed by atoms with Crippen molar-refractivity contribution >= 4 is 45.5 Å². The van der Waals surface area contributed by atoms with E-state index in [9.17, 15) is 0 Å². The Labute approximate surface area is 447 Å². The molecule has 0 saturated carbocycles. The van der Waals surface area contributed by atoms with Crippen LogP contribution in [0.3, 0.4) is 0 Å². The number of ether oxygens (including phenoxy) is 6. The quantitative estimate of drug-likeness (QED) is 0.0949. The summed E-state index contributed by atoms with van der Waals surface area (Å²) in [6.07, 6.45) is 9.12. The number of thiophene rings is 1. The molecule has 1 aliphatic heterocycles. The van der Waals surface area contributed by atoms with Crippen LogP contribution >= 0.6 is 11.3 Å². The fraction of sp³-hybridized carbons (Fsp3) is 0.0746. The minimum Gasteiger partial charge on any atom is -0.488 e. The number of fused-ring (bicyclic) bond motifs is 1. The van der Waals surface area contributed by atoms with E-state index in [1.165, 1.54) is 0 Å². The van der Waals surface area contributed by atoms with Crippen LogP contribution in [0.2, 0.25) is 0 Å². The zero-order valence-corrected chi connectivity index (χ0v) is 42.4. The van der Waals surface area contributed by atoms with E-state index in [-0.39, 0.29) is 0 Å². The molecule has 1 aliphatic carbocycles. The van der Waals surface area contributed by atoms with E-state index in [0.717, 1.165) is 132 Å². The van der Waals surface area contributed by atoms with Crippen molar-refractivity contribution in [2.75, 3.05) is 23.0 Å². The number of hydrogen-bond acceptors (Lipinski definition) is 9. The molecule has 0 bridgehead atoms. The monoisotopic (exact) mass is 1010 g/mol. The summed E-state index contributed by atoms with van der Waals surface area (Å²) in [4.78, 5) is 6.50. The Bertz CT molecular complexity index is 3480. The van der Waals surface area contributed by atoms with Crippen molar-refractivity contribution in [2.24, 2.45) is 0 Å². The Balaban J connectivity index is 0.849. The molecule has 0 radical (unpaired) electrons. The highest BCUT2D eigenvalue weighted by molar-refractivity contribution is 7.19. The molecule has 2 heterocycles. The maximum absolute atomic E-state index is 6.56. The van der Waals surface area contributed by atoms with Crippen molar-refractivity contribution in [3.63, 3.8) is 0 Å². The lowest BCUT2D eigenvalue weighted by Crippen LogP contribution is -2.09. The first-order valence-electron chi connectivity index (χ1n) is 25.5. The van der Waals surface area contributed by atoms with Crippen molar-refractivity contribution in [3.8, 4) is 72.6 Å². The summed E-state index contributed by atoms with van der Waals surface area (Å²) in [6, 6.07) is 79.6. The van der Waals surface area contributed by atoms with E-state index >= 15 is 0 Å². The summed E-state index contributed by atoms with van der Waals surface area (Å²) in [5, 5.41) is 0. The first-order valence-corrected chi connectivity index (χ1v) is 26.3. The molecule has 8 nitrogen and oxygen atoms in total. The van der Waals surface area contributed by atoms with Crippen LogP contribution in [0, 0.1) is 0 Å². The lowest BCUT2D eigenvalue weighted by Gasteiger charge is -2.26. The highest BCUT2D eigenvalue weighted by Gasteiger charge is 2.26. The topological polar surface area (TPSA) is 61.9 Å². The van der Waals surface area contributed by atoms with Gasteiger partial charge >= 0.3 is 0 Å². The Morgan fingerprint density at radius 1 is 0.329 bits per heavy atom. The molecule has 10 aromatic rings. The number of rotatable bonds is 16. The molecular weight excluding hydrogens is 961 g/mol. The highest BCUT2D eigenvalue weighted by atomic mass is 32.1. The van der Waals surface area contributed by atoms with E-state index in [2.05, 4.69) is 119 Å². The molecule has 2 aliphatic rings. The lowest BCUT2D eigenvalue weighted by molar-refractivity contribution is 0.297. The molecule has 12 rings (SSSR count). The molecule has 0 fully saturated rings. The van der Waals surface area contributed by atoms with Gasteiger partial charge in [0, 0.05) is 40.5 Å². The van der Waals surface area contributed by atoms with Crippen molar-refractivity contribution in [1.82, 2.24) is 0 Å². The molecular formula is C67H52N2O6S. The van der Waals surface area contributed by atoms with Gasteiger partial charge in [0.05, 0.1) is 23.0 Å². The van der Waals surface area contributed by atoms with Crippen LogP contribution in [0.1, 0.15) is 19.3 Å². The van der Waals surface area contributed by atoms with Crippen LogP contribution in [0.4, 0.5) is 34.1 Å². The van der Waals surface area contributed by atoms with E-state index in [4.69, 9.17) is 28.4 Å². The second kappa shape index (κ2) is 22.4. The molecule has 1 aromatic heterocycles. The molecule has 0 atom stereocenters. The summed E-state index contributed by atoms with van der Waals surface area (Å²) in [6.45, 7) is 1.13. The van der Waals surface area contributed by atoms with Gasteiger partial charge in [-0.25, -0.2) is 0 Å². The number of allylic oxidation sites excluding steroid dienone is 3. The Hall–Kier alpha value is -9.44. The predicted octanol–water partition coefficient (Wildman–Crippen LogP) is 19.2. The fourth-order valence-electron chi connectivity index (χ4n) is 9.20. The zero-order valence-electron chi connectivity index (χ0n) is 41.5. The zero-order chi connectivity index (χ0) is 50.9. The Morgan fingerprint density at radius 2 is 0.645 bits per heavy atom. The van der Waals surface area contributed by atoms with Crippen molar-refractivity contribution in [3.05, 3.63) is 261 Å². The van der Waals surface area contributed by atoms with Gasteiger partial charge in [0.25, 0.3) is 0 Å². The minimum absolute atomic E-state index is 0.567. The molecule has 0 spiro atoms.